The van der Waals surface area contributed by atoms with E-state index in [9.17, 15) is 14.4 Å². The molecule has 2 heterocycles. The number of imide groups is 1. The van der Waals surface area contributed by atoms with E-state index in [0.29, 0.717) is 17.5 Å². The molecule has 1 aliphatic heterocycles. The lowest BCUT2D eigenvalue weighted by Crippen LogP contribution is -2.43. The molecule has 0 aliphatic carbocycles. The van der Waals surface area contributed by atoms with Gasteiger partial charge in [0.1, 0.15) is 6.04 Å². The molecule has 1 aliphatic rings. The van der Waals surface area contributed by atoms with Crippen LogP contribution in [0.2, 0.25) is 0 Å². The first-order valence-corrected chi connectivity index (χ1v) is 6.02. The van der Waals surface area contributed by atoms with Crippen molar-refractivity contribution in [3.05, 3.63) is 34.3 Å². The second-order valence-electron chi connectivity index (χ2n) is 4.63. The van der Waals surface area contributed by atoms with Crippen molar-refractivity contribution in [1.82, 2.24) is 9.88 Å². The van der Waals surface area contributed by atoms with Crippen LogP contribution in [-0.2, 0) is 9.59 Å². The Bertz CT molecular complexity index is 746. The van der Waals surface area contributed by atoms with Crippen LogP contribution < -0.4 is 11.1 Å². The number of piperidine rings is 1. The molecule has 1 aromatic carbocycles. The van der Waals surface area contributed by atoms with Crippen molar-refractivity contribution in [2.24, 2.45) is 0 Å². The van der Waals surface area contributed by atoms with Crippen LogP contribution in [0.4, 0.5) is 0 Å². The molecule has 1 N–H and O–H groups in total. The molecule has 0 radical (unpaired) electrons. The number of hydrogen-bond donors (Lipinski definition) is 1. The van der Waals surface area contributed by atoms with Crippen LogP contribution in [0.15, 0.2) is 27.4 Å². The Kier molecular flexibility index (Phi) is 2.51. The van der Waals surface area contributed by atoms with Gasteiger partial charge in [0.15, 0.2) is 5.58 Å². The summed E-state index contributed by atoms with van der Waals surface area (Å²) >= 11 is 0. The predicted molar refractivity (Wildman–Crippen MR) is 68.7 cm³/mol. The van der Waals surface area contributed by atoms with Crippen LogP contribution in [0.25, 0.3) is 11.1 Å². The molecule has 0 bridgehead atoms. The second-order valence-corrected chi connectivity index (χ2v) is 4.63. The maximum atomic E-state index is 11.9. The highest BCUT2D eigenvalue weighted by atomic mass is 16.4. The molecule has 6 heteroatoms. The van der Waals surface area contributed by atoms with Gasteiger partial charge in [0, 0.05) is 7.85 Å². The zero-order valence-corrected chi connectivity index (χ0v) is 10.3. The largest absolute Gasteiger partial charge is 0.420 e. The summed E-state index contributed by atoms with van der Waals surface area (Å²) in [7, 11) is 0. The van der Waals surface area contributed by atoms with E-state index in [1.807, 2.05) is 13.0 Å². The summed E-state index contributed by atoms with van der Waals surface area (Å²) in [4.78, 5) is 34.9. The van der Waals surface area contributed by atoms with Crippen LogP contribution in [0.3, 0.4) is 0 Å². The van der Waals surface area contributed by atoms with Crippen LogP contribution in [0, 0.1) is 6.92 Å². The zero-order chi connectivity index (χ0) is 13.6. The first-order chi connectivity index (χ1) is 9.08. The average Bonchev–Trinajstić information content (AvgIpc) is 2.68. The number of nitrogens with one attached hydrogen (secondary N) is 1. The minimum atomic E-state index is -0.687. The fraction of sp³-hybridized carbons (Fsp3) is 0.308. The van der Waals surface area contributed by atoms with Crippen LogP contribution in [-0.4, -0.2) is 16.4 Å². The molecule has 3 rings (SSSR count). The van der Waals surface area contributed by atoms with Gasteiger partial charge in [0.2, 0.25) is 11.8 Å². The number of para-hydroxylation sites is 1. The molecule has 1 unspecified atom stereocenters. The Morgan fingerprint density at radius 3 is 2.89 bits per heavy atom. The molecule has 6 nitrogen and oxygen atoms in total. The van der Waals surface area contributed by atoms with E-state index in [0.717, 1.165) is 5.56 Å². The van der Waals surface area contributed by atoms with E-state index in [1.165, 1.54) is 4.57 Å². The van der Waals surface area contributed by atoms with Crippen LogP contribution in [0.5, 0.6) is 0 Å². The van der Waals surface area contributed by atoms with Gasteiger partial charge in [0.05, 0.1) is 5.52 Å². The van der Waals surface area contributed by atoms with Crippen molar-refractivity contribution >= 4 is 22.9 Å². The fourth-order valence-corrected chi connectivity index (χ4v) is 2.42. The number of aryl methyl sites for hydroxylation is 1. The lowest BCUT2D eigenvalue weighted by Gasteiger charge is -2.21. The van der Waals surface area contributed by atoms with Crippen molar-refractivity contribution in [2.45, 2.75) is 25.8 Å². The number of oxazole rings is 1. The summed E-state index contributed by atoms with van der Waals surface area (Å²) in [5.41, 5.74) is 1.90. The smallest absolute Gasteiger partial charge is 0.407 e. The van der Waals surface area contributed by atoms with Gasteiger partial charge in [-0.2, -0.15) is 0 Å². The van der Waals surface area contributed by atoms with Gasteiger partial charge in [-0.3, -0.25) is 19.5 Å². The topological polar surface area (TPSA) is 81.3 Å². The van der Waals surface area contributed by atoms with Crippen LogP contribution >= 0.6 is 0 Å². The maximum absolute atomic E-state index is 11.9. The number of fused-ring (bicyclic) bond motifs is 1. The zero-order valence-electron chi connectivity index (χ0n) is 10.3. The summed E-state index contributed by atoms with van der Waals surface area (Å²) in [5.74, 6) is -1.33. The monoisotopic (exact) mass is 262 g/mol. The molecular formula is C13H14N2O4. The number of carbonyl (C=O) groups excluding carboxylic acids is 2. The van der Waals surface area contributed by atoms with Gasteiger partial charge in [-0.05, 0) is 25.0 Å². The lowest BCUT2D eigenvalue weighted by molar-refractivity contribution is -0.135. The third-order valence-electron chi connectivity index (χ3n) is 3.36. The van der Waals surface area contributed by atoms with E-state index in [-0.39, 0.29) is 13.8 Å². The summed E-state index contributed by atoms with van der Waals surface area (Å²) in [6.07, 6.45) is 0.536. The van der Waals surface area contributed by atoms with Gasteiger partial charge in [-0.1, -0.05) is 12.1 Å². The fourth-order valence-electron chi connectivity index (χ4n) is 2.42. The quantitative estimate of drug-likeness (QED) is 0.781. The summed E-state index contributed by atoms with van der Waals surface area (Å²) in [6.45, 7) is 1.83. The average molecular weight is 262 g/mol. The number of nitrogens with zero attached hydrogens (tertiary/aromatic N) is 1. The lowest BCUT2D eigenvalue weighted by atomic mass is 10.1. The van der Waals surface area contributed by atoms with Gasteiger partial charge in [0.25, 0.3) is 0 Å². The van der Waals surface area contributed by atoms with E-state index in [4.69, 9.17) is 4.42 Å². The number of rotatable bonds is 1. The van der Waals surface area contributed by atoms with E-state index in [1.54, 1.807) is 12.1 Å². The summed E-state index contributed by atoms with van der Waals surface area (Å²) in [6, 6.07) is 4.68. The van der Waals surface area contributed by atoms with Crippen LogP contribution in [0.1, 0.15) is 25.9 Å². The number of hydrogen-bond acceptors (Lipinski definition) is 4. The molecule has 1 aromatic heterocycles. The molecule has 2 amide bonds. The minimum absolute atomic E-state index is 0. The van der Waals surface area contributed by atoms with E-state index in [2.05, 4.69) is 5.32 Å². The first-order valence-electron chi connectivity index (χ1n) is 6.02. The Labute approximate surface area is 109 Å². The standard InChI is InChI=1S/C13H12N2O4.H2/c1-7-3-2-4-8-11(7)19-13(18)15(8)9-5-6-10(16)14-12(9)17;/h2-4,9H,5-6H2,1H3,(H,14,16,17);1H. The molecule has 0 saturated carbocycles. The summed E-state index contributed by atoms with van der Waals surface area (Å²) < 4.78 is 6.52. The van der Waals surface area contributed by atoms with Gasteiger partial charge < -0.3 is 4.42 Å². The van der Waals surface area contributed by atoms with E-state index < -0.39 is 17.7 Å². The van der Waals surface area contributed by atoms with Crippen molar-refractivity contribution in [3.63, 3.8) is 0 Å². The van der Waals surface area contributed by atoms with Gasteiger partial charge >= 0.3 is 5.76 Å². The Morgan fingerprint density at radius 1 is 1.37 bits per heavy atom. The predicted octanol–water partition coefficient (Wildman–Crippen LogP) is 1.13. The molecule has 100 valence electrons. The minimum Gasteiger partial charge on any atom is -0.407 e. The Balaban J connectivity index is 0.00000147. The third-order valence-corrected chi connectivity index (χ3v) is 3.36. The van der Waals surface area contributed by atoms with Crippen molar-refractivity contribution in [1.29, 1.82) is 0 Å². The number of amides is 2. The number of aromatic nitrogens is 1. The molecule has 1 fully saturated rings. The van der Waals surface area contributed by atoms with E-state index >= 15 is 0 Å². The first kappa shape index (κ1) is 11.7. The highest BCUT2D eigenvalue weighted by molar-refractivity contribution is 6.00. The van der Waals surface area contributed by atoms with Gasteiger partial charge in [-0.15, -0.1) is 0 Å². The number of carbonyl (C=O) groups is 2. The Morgan fingerprint density at radius 2 is 2.16 bits per heavy atom. The Hall–Kier alpha value is -2.37. The normalized spacial score (nSPS) is 19.7. The molecular weight excluding hydrogens is 248 g/mol. The molecule has 19 heavy (non-hydrogen) atoms. The molecule has 1 saturated heterocycles. The summed E-state index contributed by atoms with van der Waals surface area (Å²) in [5, 5.41) is 2.24. The number of benzene rings is 1. The highest BCUT2D eigenvalue weighted by Gasteiger charge is 2.31. The molecule has 2 aromatic rings. The molecule has 1 atom stereocenters. The maximum Gasteiger partial charge on any atom is 0.420 e. The van der Waals surface area contributed by atoms with Crippen molar-refractivity contribution in [3.8, 4) is 0 Å². The van der Waals surface area contributed by atoms with Crippen molar-refractivity contribution in [2.75, 3.05) is 0 Å². The third kappa shape index (κ3) is 1.76. The highest BCUT2D eigenvalue weighted by Crippen LogP contribution is 2.24. The molecule has 0 spiro atoms. The van der Waals surface area contributed by atoms with Gasteiger partial charge in [-0.25, -0.2) is 4.79 Å². The SMILES string of the molecule is Cc1cccc2c1oc(=O)n2C1CCC(=O)NC1=O.[HH]. The van der Waals surface area contributed by atoms with Crippen molar-refractivity contribution < 1.29 is 15.4 Å². The second kappa shape index (κ2) is 4.08.